The molecule has 0 bridgehead atoms. The second-order valence-corrected chi connectivity index (χ2v) is 4.56. The zero-order chi connectivity index (χ0) is 10.8. The zero-order valence-electron chi connectivity index (χ0n) is 8.71. The van der Waals surface area contributed by atoms with Gasteiger partial charge in [-0.25, -0.2) is 0 Å². The molecule has 0 amide bonds. The molecule has 0 spiro atoms. The molecule has 78 valence electrons. The van der Waals surface area contributed by atoms with Gasteiger partial charge in [-0.3, -0.25) is 0 Å². The van der Waals surface area contributed by atoms with Gasteiger partial charge in [0.05, 0.1) is 0 Å². The number of hydrogen-bond donors (Lipinski definition) is 0. The Balaban J connectivity index is 1.97. The molecule has 0 N–H and O–H groups in total. The van der Waals surface area contributed by atoms with Gasteiger partial charge in [0.2, 0.25) is 0 Å². The van der Waals surface area contributed by atoms with Gasteiger partial charge in [-0.2, -0.15) is 0 Å². The molecule has 0 aliphatic heterocycles. The largest absolute Gasteiger partial charge is 0.324 e. The first-order chi connectivity index (χ1) is 7.93. The van der Waals surface area contributed by atoms with Gasteiger partial charge in [0.25, 0.3) is 0 Å². The average molecular weight is 225 g/mol. The van der Waals surface area contributed by atoms with E-state index in [2.05, 4.69) is 58.7 Å². The van der Waals surface area contributed by atoms with Crippen LogP contribution >= 0.6 is 11.3 Å². The summed E-state index contributed by atoms with van der Waals surface area (Å²) in [5, 5.41) is 2.11. The first kappa shape index (κ1) is 9.43. The van der Waals surface area contributed by atoms with Crippen LogP contribution in [-0.2, 0) is 0 Å². The summed E-state index contributed by atoms with van der Waals surface area (Å²) in [6, 6.07) is 16.9. The number of hydrogen-bond acceptors (Lipinski definition) is 1. The Kier molecular flexibility index (Phi) is 2.35. The lowest BCUT2D eigenvalue weighted by molar-refractivity contribution is 1.08. The minimum Gasteiger partial charge on any atom is -0.324 e. The van der Waals surface area contributed by atoms with Gasteiger partial charge in [0.15, 0.2) is 0 Å². The van der Waals surface area contributed by atoms with Gasteiger partial charge in [-0.15, -0.1) is 11.3 Å². The molecule has 0 fully saturated rings. The summed E-state index contributed by atoms with van der Waals surface area (Å²) in [5.41, 5.74) is 2.48. The van der Waals surface area contributed by atoms with Crippen LogP contribution in [-0.4, -0.2) is 4.57 Å². The van der Waals surface area contributed by atoms with Crippen molar-refractivity contribution in [1.29, 1.82) is 0 Å². The van der Waals surface area contributed by atoms with E-state index < -0.39 is 0 Å². The lowest BCUT2D eigenvalue weighted by Gasteiger charge is -2.03. The van der Waals surface area contributed by atoms with E-state index in [0.717, 1.165) is 0 Å². The summed E-state index contributed by atoms with van der Waals surface area (Å²) in [7, 11) is 0. The van der Waals surface area contributed by atoms with Crippen molar-refractivity contribution in [2.24, 2.45) is 0 Å². The maximum absolute atomic E-state index is 2.17. The van der Waals surface area contributed by atoms with E-state index in [0.29, 0.717) is 0 Å². The minimum atomic E-state index is 1.20. The summed E-state index contributed by atoms with van der Waals surface area (Å²) in [6.07, 6.45) is 4.11. The molecule has 1 aromatic carbocycles. The first-order valence-corrected chi connectivity index (χ1v) is 6.09. The number of aromatic nitrogens is 1. The van der Waals surface area contributed by atoms with E-state index in [1.165, 1.54) is 16.1 Å². The predicted octanol–water partition coefficient (Wildman–Crippen LogP) is 4.21. The second kappa shape index (κ2) is 3.99. The van der Waals surface area contributed by atoms with Crippen molar-refractivity contribution < 1.29 is 0 Å². The molecule has 2 aromatic heterocycles. The zero-order valence-corrected chi connectivity index (χ0v) is 9.52. The lowest BCUT2D eigenvalue weighted by Crippen LogP contribution is -1.88. The van der Waals surface area contributed by atoms with Crippen molar-refractivity contribution in [3.63, 3.8) is 0 Å². The number of rotatable bonds is 2. The number of benzene rings is 1. The average Bonchev–Trinajstić information content (AvgIpc) is 3.03. The lowest BCUT2D eigenvalue weighted by atomic mass is 10.2. The normalized spacial score (nSPS) is 10.5. The number of nitrogens with zero attached hydrogens (tertiary/aromatic N) is 1. The van der Waals surface area contributed by atoms with Crippen LogP contribution in [0, 0.1) is 0 Å². The molecular weight excluding hydrogens is 214 g/mol. The molecule has 1 nitrogen and oxygen atoms in total. The highest BCUT2D eigenvalue weighted by Gasteiger charge is 1.99. The summed E-state index contributed by atoms with van der Waals surface area (Å²) in [5.74, 6) is 0. The Morgan fingerprint density at radius 1 is 0.812 bits per heavy atom. The van der Waals surface area contributed by atoms with Crippen LogP contribution in [0.1, 0.15) is 0 Å². The highest BCUT2D eigenvalue weighted by Crippen LogP contribution is 2.25. The van der Waals surface area contributed by atoms with E-state index in [1.807, 2.05) is 12.1 Å². The Bertz CT molecular complexity index is 494. The van der Waals surface area contributed by atoms with Crippen molar-refractivity contribution in [3.05, 3.63) is 66.3 Å². The molecule has 2 heteroatoms. The summed E-state index contributed by atoms with van der Waals surface area (Å²) >= 11 is 1.77. The maximum atomic E-state index is 2.17. The van der Waals surface area contributed by atoms with Gasteiger partial charge in [0.1, 0.15) is 0 Å². The third kappa shape index (κ3) is 1.68. The van der Waals surface area contributed by atoms with Gasteiger partial charge < -0.3 is 4.57 Å². The number of thiophene rings is 1. The van der Waals surface area contributed by atoms with Crippen LogP contribution in [0.15, 0.2) is 66.3 Å². The molecule has 2 heterocycles. The van der Waals surface area contributed by atoms with Crippen molar-refractivity contribution in [2.45, 2.75) is 0 Å². The van der Waals surface area contributed by atoms with Crippen LogP contribution in [0.25, 0.3) is 16.1 Å². The molecule has 3 aromatic rings. The van der Waals surface area contributed by atoms with Crippen molar-refractivity contribution in [2.75, 3.05) is 0 Å². The third-order valence-electron chi connectivity index (χ3n) is 2.58. The highest BCUT2D eigenvalue weighted by molar-refractivity contribution is 7.13. The standard InChI is InChI=1S/C14H11NS/c1-2-10-15(9-1)13-7-5-12(6-8-13)14-4-3-11-16-14/h1-11H. The fourth-order valence-corrected chi connectivity index (χ4v) is 2.48. The molecule has 0 radical (unpaired) electrons. The van der Waals surface area contributed by atoms with E-state index in [1.54, 1.807) is 11.3 Å². The third-order valence-corrected chi connectivity index (χ3v) is 3.49. The molecule has 0 unspecified atom stereocenters. The molecular formula is C14H11NS. The van der Waals surface area contributed by atoms with Gasteiger partial charge >= 0.3 is 0 Å². The Morgan fingerprint density at radius 2 is 1.56 bits per heavy atom. The van der Waals surface area contributed by atoms with Gasteiger partial charge in [-0.1, -0.05) is 18.2 Å². The Hall–Kier alpha value is -1.80. The molecule has 0 atom stereocenters. The van der Waals surface area contributed by atoms with Crippen LogP contribution in [0.4, 0.5) is 0 Å². The van der Waals surface area contributed by atoms with E-state index >= 15 is 0 Å². The quantitative estimate of drug-likeness (QED) is 0.616. The summed E-state index contributed by atoms with van der Waals surface area (Å²) in [6.45, 7) is 0. The van der Waals surface area contributed by atoms with Crippen molar-refractivity contribution >= 4 is 11.3 Å². The van der Waals surface area contributed by atoms with E-state index in [9.17, 15) is 0 Å². The molecule has 0 saturated carbocycles. The topological polar surface area (TPSA) is 4.93 Å². The monoisotopic (exact) mass is 225 g/mol. The van der Waals surface area contributed by atoms with E-state index in [-0.39, 0.29) is 0 Å². The first-order valence-electron chi connectivity index (χ1n) is 5.21. The predicted molar refractivity (Wildman–Crippen MR) is 69.1 cm³/mol. The maximum Gasteiger partial charge on any atom is 0.0449 e. The van der Waals surface area contributed by atoms with Crippen molar-refractivity contribution in [1.82, 2.24) is 4.57 Å². The Labute approximate surface area is 98.6 Å². The summed E-state index contributed by atoms with van der Waals surface area (Å²) < 4.78 is 2.11. The minimum absolute atomic E-state index is 1.20. The molecule has 0 aliphatic carbocycles. The second-order valence-electron chi connectivity index (χ2n) is 3.61. The SMILES string of the molecule is c1csc(-c2ccc(-n3cccc3)cc2)c1. The molecule has 16 heavy (non-hydrogen) atoms. The van der Waals surface area contributed by atoms with E-state index in [4.69, 9.17) is 0 Å². The highest BCUT2D eigenvalue weighted by atomic mass is 32.1. The fraction of sp³-hybridized carbons (Fsp3) is 0. The van der Waals surface area contributed by atoms with Gasteiger partial charge in [-0.05, 0) is 41.3 Å². The summed E-state index contributed by atoms with van der Waals surface area (Å²) in [4.78, 5) is 1.32. The van der Waals surface area contributed by atoms with Crippen molar-refractivity contribution in [3.8, 4) is 16.1 Å². The molecule has 0 aliphatic rings. The molecule has 3 rings (SSSR count). The smallest absolute Gasteiger partial charge is 0.0449 e. The Morgan fingerprint density at radius 3 is 2.19 bits per heavy atom. The van der Waals surface area contributed by atoms with Gasteiger partial charge in [0, 0.05) is 23.0 Å². The van der Waals surface area contributed by atoms with Crippen LogP contribution in [0.2, 0.25) is 0 Å². The fourth-order valence-electron chi connectivity index (χ4n) is 1.75. The van der Waals surface area contributed by atoms with Crippen LogP contribution in [0.5, 0.6) is 0 Å². The van der Waals surface area contributed by atoms with Crippen LogP contribution < -0.4 is 0 Å². The van der Waals surface area contributed by atoms with Crippen LogP contribution in [0.3, 0.4) is 0 Å². The molecule has 0 saturated heterocycles.